The molecule has 0 spiro atoms. The van der Waals surface area contributed by atoms with Crippen LogP contribution in [-0.2, 0) is 24.6 Å². The molecule has 0 atom stereocenters. The van der Waals surface area contributed by atoms with Crippen molar-refractivity contribution in [3.05, 3.63) is 40.7 Å². The van der Waals surface area contributed by atoms with Gasteiger partial charge in [-0.05, 0) is 25.1 Å². The molecule has 29 heavy (non-hydrogen) atoms. The van der Waals surface area contributed by atoms with E-state index in [9.17, 15) is 18.0 Å². The first-order valence-corrected chi connectivity index (χ1v) is 9.93. The van der Waals surface area contributed by atoms with Gasteiger partial charge in [0.15, 0.2) is 11.0 Å². The molecule has 0 aliphatic heterocycles. The molecule has 0 unspecified atom stereocenters. The SMILES string of the molecule is Cc1nnc(NC(=O)CSc2nnc(COc3cccc(C(F)(F)F)c3)n2C)s1. The number of aryl methyl sites for hydroxylation is 1. The molecule has 2 aromatic heterocycles. The summed E-state index contributed by atoms with van der Waals surface area (Å²) in [7, 11) is 1.68. The van der Waals surface area contributed by atoms with Crippen LogP contribution in [0, 0.1) is 6.92 Å². The Labute approximate surface area is 171 Å². The Balaban J connectivity index is 1.55. The average Bonchev–Trinajstić information content (AvgIpc) is 3.23. The van der Waals surface area contributed by atoms with Crippen LogP contribution in [0.25, 0.3) is 0 Å². The lowest BCUT2D eigenvalue weighted by molar-refractivity contribution is -0.137. The third-order valence-corrected chi connectivity index (χ3v) is 5.33. The van der Waals surface area contributed by atoms with Crippen LogP contribution in [0.2, 0.25) is 0 Å². The normalized spacial score (nSPS) is 11.5. The topological polar surface area (TPSA) is 94.8 Å². The van der Waals surface area contributed by atoms with Gasteiger partial charge in [0.05, 0.1) is 11.3 Å². The maximum Gasteiger partial charge on any atom is 0.416 e. The summed E-state index contributed by atoms with van der Waals surface area (Å²) >= 11 is 2.43. The number of hydrogen-bond acceptors (Lipinski definition) is 8. The second-order valence-corrected chi connectivity index (χ2v) is 7.86. The molecule has 154 valence electrons. The van der Waals surface area contributed by atoms with Crippen molar-refractivity contribution in [2.24, 2.45) is 7.05 Å². The van der Waals surface area contributed by atoms with E-state index in [1.165, 1.54) is 23.5 Å². The number of alkyl halides is 3. The molecular weight excluding hydrogens is 429 g/mol. The molecule has 3 rings (SSSR count). The quantitative estimate of drug-likeness (QED) is 0.559. The van der Waals surface area contributed by atoms with Gasteiger partial charge in [-0.15, -0.1) is 20.4 Å². The van der Waals surface area contributed by atoms with Crippen molar-refractivity contribution in [1.82, 2.24) is 25.0 Å². The fourth-order valence-electron chi connectivity index (χ4n) is 2.14. The van der Waals surface area contributed by atoms with Gasteiger partial charge >= 0.3 is 6.18 Å². The number of hydrogen-bond donors (Lipinski definition) is 1. The molecule has 2 heterocycles. The number of anilines is 1. The third kappa shape index (κ3) is 5.67. The van der Waals surface area contributed by atoms with E-state index in [1.807, 2.05) is 0 Å². The van der Waals surface area contributed by atoms with Gasteiger partial charge in [-0.1, -0.05) is 29.2 Å². The van der Waals surface area contributed by atoms with Crippen molar-refractivity contribution >= 4 is 34.1 Å². The van der Waals surface area contributed by atoms with Crippen molar-refractivity contribution in [2.75, 3.05) is 11.1 Å². The number of benzene rings is 1. The summed E-state index contributed by atoms with van der Waals surface area (Å²) in [5, 5.41) is 19.8. The van der Waals surface area contributed by atoms with Gasteiger partial charge in [-0.2, -0.15) is 13.2 Å². The molecule has 0 aliphatic carbocycles. The molecule has 0 bridgehead atoms. The van der Waals surface area contributed by atoms with Crippen molar-refractivity contribution in [2.45, 2.75) is 24.9 Å². The number of carbonyl (C=O) groups excluding carboxylic acids is 1. The molecule has 0 saturated heterocycles. The molecule has 3 aromatic rings. The second-order valence-electron chi connectivity index (χ2n) is 5.74. The summed E-state index contributed by atoms with van der Waals surface area (Å²) in [5.41, 5.74) is -0.791. The maximum absolute atomic E-state index is 12.8. The highest BCUT2D eigenvalue weighted by molar-refractivity contribution is 7.99. The predicted octanol–water partition coefficient (Wildman–Crippen LogP) is 3.30. The van der Waals surface area contributed by atoms with E-state index >= 15 is 0 Å². The van der Waals surface area contributed by atoms with Crippen LogP contribution in [0.4, 0.5) is 18.3 Å². The summed E-state index contributed by atoms with van der Waals surface area (Å²) in [5.74, 6) is 0.295. The minimum absolute atomic E-state index is 0.0678. The van der Waals surface area contributed by atoms with Crippen LogP contribution in [0.15, 0.2) is 29.4 Å². The zero-order valence-corrected chi connectivity index (χ0v) is 16.9. The molecule has 1 aromatic carbocycles. The minimum atomic E-state index is -4.44. The van der Waals surface area contributed by atoms with Gasteiger partial charge in [-0.25, -0.2) is 0 Å². The Kier molecular flexibility index (Phi) is 6.37. The molecule has 0 aliphatic rings. The van der Waals surface area contributed by atoms with Gasteiger partial charge in [-0.3, -0.25) is 10.1 Å². The number of rotatable bonds is 7. The number of carbonyl (C=O) groups is 1. The van der Waals surface area contributed by atoms with E-state index < -0.39 is 11.7 Å². The predicted molar refractivity (Wildman–Crippen MR) is 101 cm³/mol. The smallest absolute Gasteiger partial charge is 0.416 e. The van der Waals surface area contributed by atoms with Gasteiger partial charge in [0, 0.05) is 7.05 Å². The number of thioether (sulfide) groups is 1. The highest BCUT2D eigenvalue weighted by Crippen LogP contribution is 2.31. The second kappa shape index (κ2) is 8.78. The van der Waals surface area contributed by atoms with Crippen LogP contribution >= 0.6 is 23.1 Å². The molecule has 0 radical (unpaired) electrons. The average molecular weight is 444 g/mol. The van der Waals surface area contributed by atoms with Gasteiger partial charge in [0.25, 0.3) is 0 Å². The van der Waals surface area contributed by atoms with Crippen LogP contribution in [-0.4, -0.2) is 36.6 Å². The Bertz CT molecular complexity index is 1000. The number of halogens is 3. The molecule has 1 N–H and O–H groups in total. The highest BCUT2D eigenvalue weighted by Gasteiger charge is 2.30. The monoisotopic (exact) mass is 444 g/mol. The van der Waals surface area contributed by atoms with Crippen LogP contribution in [0.3, 0.4) is 0 Å². The van der Waals surface area contributed by atoms with Crippen LogP contribution in [0.5, 0.6) is 5.75 Å². The fraction of sp³-hybridized carbons (Fsp3) is 0.312. The number of nitrogens with zero attached hydrogens (tertiary/aromatic N) is 5. The number of aromatic nitrogens is 5. The number of ether oxygens (including phenoxy) is 1. The number of amides is 1. The first kappa shape index (κ1) is 21.0. The van der Waals surface area contributed by atoms with Crippen LogP contribution in [0.1, 0.15) is 16.4 Å². The Morgan fingerprint density at radius 1 is 1.28 bits per heavy atom. The standard InChI is InChI=1S/C16H15F3N6O2S2/c1-9-21-23-14(29-9)20-13(26)8-28-15-24-22-12(25(15)2)7-27-11-5-3-4-10(6-11)16(17,18)19/h3-6H,7-8H2,1-2H3,(H,20,23,26). The highest BCUT2D eigenvalue weighted by atomic mass is 32.2. The summed E-state index contributed by atoms with van der Waals surface area (Å²) in [6.45, 7) is 1.71. The minimum Gasteiger partial charge on any atom is -0.486 e. The molecular formula is C16H15F3N6O2S2. The van der Waals surface area contributed by atoms with Crippen molar-refractivity contribution < 1.29 is 22.7 Å². The van der Waals surface area contributed by atoms with E-state index in [4.69, 9.17) is 4.74 Å². The summed E-state index contributed by atoms with van der Waals surface area (Å²) in [4.78, 5) is 12.0. The summed E-state index contributed by atoms with van der Waals surface area (Å²) < 4.78 is 45.3. The van der Waals surface area contributed by atoms with Gasteiger partial charge < -0.3 is 9.30 Å². The zero-order chi connectivity index (χ0) is 21.0. The largest absolute Gasteiger partial charge is 0.486 e. The molecule has 1 amide bonds. The lowest BCUT2D eigenvalue weighted by Crippen LogP contribution is -2.14. The van der Waals surface area contributed by atoms with E-state index in [1.54, 1.807) is 18.5 Å². The van der Waals surface area contributed by atoms with Crippen molar-refractivity contribution in [3.8, 4) is 5.75 Å². The molecule has 0 saturated carbocycles. The van der Waals surface area contributed by atoms with Gasteiger partial charge in [0.2, 0.25) is 11.0 Å². The van der Waals surface area contributed by atoms with Gasteiger partial charge in [0.1, 0.15) is 17.4 Å². The van der Waals surface area contributed by atoms with E-state index in [-0.39, 0.29) is 24.0 Å². The third-order valence-electron chi connectivity index (χ3n) is 3.56. The van der Waals surface area contributed by atoms with E-state index in [0.29, 0.717) is 16.1 Å². The summed E-state index contributed by atoms with van der Waals surface area (Å²) in [6, 6.07) is 4.60. The molecule has 0 fully saturated rings. The van der Waals surface area contributed by atoms with Crippen molar-refractivity contribution in [3.63, 3.8) is 0 Å². The maximum atomic E-state index is 12.8. The van der Waals surface area contributed by atoms with E-state index in [2.05, 4.69) is 25.7 Å². The van der Waals surface area contributed by atoms with E-state index in [0.717, 1.165) is 28.9 Å². The first-order chi connectivity index (χ1) is 13.7. The summed E-state index contributed by atoms with van der Waals surface area (Å²) in [6.07, 6.45) is -4.44. The Hall–Kier alpha value is -2.67. The molecule has 8 nitrogen and oxygen atoms in total. The zero-order valence-electron chi connectivity index (χ0n) is 15.2. The molecule has 13 heteroatoms. The fourth-order valence-corrected chi connectivity index (χ4v) is 3.48. The lowest BCUT2D eigenvalue weighted by atomic mass is 10.2. The lowest BCUT2D eigenvalue weighted by Gasteiger charge is -2.10. The first-order valence-electron chi connectivity index (χ1n) is 8.13. The Morgan fingerprint density at radius 2 is 2.07 bits per heavy atom. The van der Waals surface area contributed by atoms with Crippen molar-refractivity contribution in [1.29, 1.82) is 0 Å². The Morgan fingerprint density at radius 3 is 2.76 bits per heavy atom. The number of nitrogens with one attached hydrogen (secondary N) is 1. The van der Waals surface area contributed by atoms with Crippen LogP contribution < -0.4 is 10.1 Å².